The quantitative estimate of drug-likeness (QED) is 0.0654. The van der Waals surface area contributed by atoms with E-state index in [-0.39, 0.29) is 6.61 Å². The maximum Gasteiger partial charge on any atom is 0.472 e. The zero-order valence-electron chi connectivity index (χ0n) is 26.1. The molecule has 0 aliphatic carbocycles. The van der Waals surface area contributed by atoms with Gasteiger partial charge in [0.1, 0.15) is 0 Å². The maximum absolute atomic E-state index is 12.2. The van der Waals surface area contributed by atoms with E-state index < -0.39 is 7.82 Å². The molecule has 230 valence electrons. The molecule has 0 saturated carbocycles. The Bertz CT molecular complexity index is 484. The van der Waals surface area contributed by atoms with Crippen molar-refractivity contribution < 1.29 is 18.5 Å². The van der Waals surface area contributed by atoms with Crippen LogP contribution in [0.25, 0.3) is 0 Å². The summed E-state index contributed by atoms with van der Waals surface area (Å²) in [5.41, 5.74) is 0. The molecule has 1 atom stereocenters. The number of nitrogens with zero attached hydrogens (tertiary/aromatic N) is 1. The van der Waals surface area contributed by atoms with Crippen molar-refractivity contribution in [2.75, 3.05) is 32.8 Å². The number of phosphoric ester groups is 1. The van der Waals surface area contributed by atoms with Crippen LogP contribution in [0.3, 0.4) is 0 Å². The minimum Gasteiger partial charge on any atom is -0.303 e. The summed E-state index contributed by atoms with van der Waals surface area (Å²) in [5.74, 6) is 0. The van der Waals surface area contributed by atoms with E-state index in [1.165, 1.54) is 128 Å². The molecular weight excluding hydrogens is 493 g/mol. The van der Waals surface area contributed by atoms with Crippen molar-refractivity contribution in [1.29, 1.82) is 0 Å². The third-order valence-corrected chi connectivity index (χ3v) is 8.55. The molecule has 0 spiro atoms. The van der Waals surface area contributed by atoms with Gasteiger partial charge in [-0.1, -0.05) is 149 Å². The van der Waals surface area contributed by atoms with Gasteiger partial charge in [-0.2, -0.15) is 0 Å². The highest BCUT2D eigenvalue weighted by molar-refractivity contribution is 7.47. The molecule has 0 rings (SSSR count). The van der Waals surface area contributed by atoms with Gasteiger partial charge in [0.15, 0.2) is 0 Å². The molecule has 6 heteroatoms. The van der Waals surface area contributed by atoms with Crippen LogP contribution in [0.5, 0.6) is 0 Å². The summed E-state index contributed by atoms with van der Waals surface area (Å²) in [4.78, 5) is 12.5. The summed E-state index contributed by atoms with van der Waals surface area (Å²) in [6.45, 7) is 10.5. The van der Waals surface area contributed by atoms with Crippen LogP contribution in [0, 0.1) is 0 Å². The minimum atomic E-state index is -3.92. The Morgan fingerprint density at radius 1 is 0.447 bits per heavy atom. The average Bonchev–Trinajstić information content (AvgIpc) is 2.90. The molecule has 0 heterocycles. The van der Waals surface area contributed by atoms with Crippen molar-refractivity contribution >= 4 is 7.82 Å². The lowest BCUT2D eigenvalue weighted by atomic mass is 10.1. The average molecular weight is 562 g/mol. The molecule has 0 aromatic rings. The summed E-state index contributed by atoms with van der Waals surface area (Å²) in [6, 6.07) is 0. The van der Waals surface area contributed by atoms with E-state index in [0.717, 1.165) is 45.3 Å². The molecule has 0 amide bonds. The van der Waals surface area contributed by atoms with Crippen molar-refractivity contribution in [1.82, 2.24) is 4.90 Å². The fourth-order valence-corrected chi connectivity index (χ4v) is 5.81. The molecule has 0 bridgehead atoms. The fraction of sp³-hybridized carbons (Fsp3) is 1.00. The number of rotatable bonds is 32. The van der Waals surface area contributed by atoms with Crippen LogP contribution in [0.15, 0.2) is 0 Å². The Hall–Kier alpha value is 0.0700. The van der Waals surface area contributed by atoms with E-state index in [0.29, 0.717) is 6.61 Å². The van der Waals surface area contributed by atoms with Gasteiger partial charge in [0.2, 0.25) is 0 Å². The first-order valence-electron chi connectivity index (χ1n) is 16.9. The van der Waals surface area contributed by atoms with Gasteiger partial charge >= 0.3 is 7.82 Å². The van der Waals surface area contributed by atoms with Crippen molar-refractivity contribution in [3.05, 3.63) is 0 Å². The molecule has 1 unspecified atom stereocenters. The summed E-state index contributed by atoms with van der Waals surface area (Å²) in [6.07, 6.45) is 30.6. The number of phosphoric acid groups is 1. The van der Waals surface area contributed by atoms with Crippen LogP contribution in [0.4, 0.5) is 0 Å². The largest absolute Gasteiger partial charge is 0.472 e. The predicted octanol–water partition coefficient (Wildman–Crippen LogP) is 10.8. The molecule has 5 nitrogen and oxygen atoms in total. The van der Waals surface area contributed by atoms with Gasteiger partial charge in [-0.3, -0.25) is 9.05 Å². The van der Waals surface area contributed by atoms with Gasteiger partial charge < -0.3 is 9.79 Å². The number of hydrogen-bond acceptors (Lipinski definition) is 4. The fourth-order valence-electron chi connectivity index (χ4n) is 5.02. The molecule has 0 fully saturated rings. The van der Waals surface area contributed by atoms with Crippen LogP contribution in [-0.4, -0.2) is 42.6 Å². The lowest BCUT2D eigenvalue weighted by Gasteiger charge is -2.22. The topological polar surface area (TPSA) is 59.0 Å². The lowest BCUT2D eigenvalue weighted by molar-refractivity contribution is 0.139. The lowest BCUT2D eigenvalue weighted by Crippen LogP contribution is -2.28. The first kappa shape index (κ1) is 38.1. The second-order valence-electron chi connectivity index (χ2n) is 11.4. The number of hydrogen-bond donors (Lipinski definition) is 1. The molecule has 0 radical (unpaired) electrons. The molecule has 0 saturated heterocycles. The van der Waals surface area contributed by atoms with Gasteiger partial charge in [-0.05, 0) is 38.8 Å². The Morgan fingerprint density at radius 2 is 0.737 bits per heavy atom. The third kappa shape index (κ3) is 29.1. The molecule has 38 heavy (non-hydrogen) atoms. The second-order valence-corrected chi connectivity index (χ2v) is 12.9. The highest BCUT2D eigenvalue weighted by Gasteiger charge is 2.20. The van der Waals surface area contributed by atoms with Crippen LogP contribution in [0.1, 0.15) is 175 Å². The van der Waals surface area contributed by atoms with Crippen LogP contribution < -0.4 is 0 Å². The summed E-state index contributed by atoms with van der Waals surface area (Å²) < 4.78 is 22.6. The van der Waals surface area contributed by atoms with Gasteiger partial charge in [0, 0.05) is 6.54 Å². The summed E-state index contributed by atoms with van der Waals surface area (Å²) in [7, 11) is -3.92. The highest BCUT2D eigenvalue weighted by atomic mass is 31.2. The standard InChI is InChI=1S/C32H68NO4P/c1-4-7-10-13-15-17-19-21-24-28-33(29-25-22-20-18-16-14-11-8-5-2)30-27-32-37-38(34,35)36-31-26-23-12-9-6-3/h4-32H2,1-3H3,(H,34,35). The molecule has 1 N–H and O–H groups in total. The summed E-state index contributed by atoms with van der Waals surface area (Å²) in [5, 5.41) is 0. The molecule has 0 aromatic heterocycles. The third-order valence-electron chi connectivity index (χ3n) is 7.53. The highest BCUT2D eigenvalue weighted by Crippen LogP contribution is 2.43. The zero-order valence-corrected chi connectivity index (χ0v) is 27.0. The minimum absolute atomic E-state index is 0.287. The van der Waals surface area contributed by atoms with E-state index in [9.17, 15) is 9.46 Å². The Morgan fingerprint density at radius 3 is 1.13 bits per heavy atom. The van der Waals surface area contributed by atoms with Crippen LogP contribution >= 0.6 is 7.82 Å². The Labute approximate surface area is 238 Å². The van der Waals surface area contributed by atoms with Gasteiger partial charge in [-0.25, -0.2) is 4.57 Å². The van der Waals surface area contributed by atoms with Gasteiger partial charge in [0.05, 0.1) is 13.2 Å². The smallest absolute Gasteiger partial charge is 0.303 e. The van der Waals surface area contributed by atoms with E-state index >= 15 is 0 Å². The van der Waals surface area contributed by atoms with E-state index in [1.54, 1.807) is 0 Å². The molecule has 0 aliphatic heterocycles. The van der Waals surface area contributed by atoms with Crippen LogP contribution in [-0.2, 0) is 13.6 Å². The van der Waals surface area contributed by atoms with Crippen molar-refractivity contribution in [2.24, 2.45) is 0 Å². The normalized spacial score (nSPS) is 13.4. The second kappa shape index (κ2) is 30.0. The van der Waals surface area contributed by atoms with Crippen molar-refractivity contribution in [3.63, 3.8) is 0 Å². The molecule has 0 aliphatic rings. The summed E-state index contributed by atoms with van der Waals surface area (Å²) >= 11 is 0. The Balaban J connectivity index is 4.12. The number of unbranched alkanes of at least 4 members (excludes halogenated alkanes) is 20. The van der Waals surface area contributed by atoms with E-state index in [4.69, 9.17) is 9.05 Å². The van der Waals surface area contributed by atoms with Crippen LogP contribution in [0.2, 0.25) is 0 Å². The van der Waals surface area contributed by atoms with Crippen molar-refractivity contribution in [2.45, 2.75) is 175 Å². The zero-order chi connectivity index (χ0) is 28.0. The molecular formula is C32H68NO4P. The SMILES string of the molecule is CCCCCCCCCCCN(CCCCCCCCCCC)CCCOP(=O)(O)OCCCCCCC. The first-order chi connectivity index (χ1) is 18.6. The van der Waals surface area contributed by atoms with Gasteiger partial charge in [0.25, 0.3) is 0 Å². The van der Waals surface area contributed by atoms with E-state index in [2.05, 4.69) is 25.7 Å². The Kier molecular flexibility index (Phi) is 30.1. The van der Waals surface area contributed by atoms with E-state index in [1.807, 2.05) is 0 Å². The maximum atomic E-state index is 12.2. The predicted molar refractivity (Wildman–Crippen MR) is 166 cm³/mol. The van der Waals surface area contributed by atoms with Crippen molar-refractivity contribution in [3.8, 4) is 0 Å². The molecule has 0 aromatic carbocycles. The van der Waals surface area contributed by atoms with Gasteiger partial charge in [-0.15, -0.1) is 0 Å². The monoisotopic (exact) mass is 561 g/mol. The first-order valence-corrected chi connectivity index (χ1v) is 18.4.